The highest BCUT2D eigenvalue weighted by Crippen LogP contribution is 2.44. The van der Waals surface area contributed by atoms with E-state index in [0.717, 1.165) is 16.5 Å². The van der Waals surface area contributed by atoms with Crippen molar-refractivity contribution < 1.29 is 9.53 Å². The molecule has 0 bridgehead atoms. The van der Waals surface area contributed by atoms with E-state index in [2.05, 4.69) is 12.1 Å². The Morgan fingerprint density at radius 1 is 1.14 bits per heavy atom. The SMILES string of the molecule is COc1ccc(C(=O)C=C2Sc3ccccc3N2C)cc1. The molecule has 0 atom stereocenters. The minimum atomic E-state index is -0.000177. The normalized spacial score (nSPS) is 15.1. The summed E-state index contributed by atoms with van der Waals surface area (Å²) in [6.45, 7) is 0. The minimum absolute atomic E-state index is 0.000177. The number of ketones is 1. The van der Waals surface area contributed by atoms with Crippen LogP contribution in [-0.4, -0.2) is 19.9 Å². The lowest BCUT2D eigenvalue weighted by Crippen LogP contribution is -2.11. The maximum absolute atomic E-state index is 12.3. The molecular weight excluding hydrogens is 282 g/mol. The highest BCUT2D eigenvalue weighted by atomic mass is 32.2. The predicted molar refractivity (Wildman–Crippen MR) is 86.1 cm³/mol. The Bertz CT molecular complexity index is 707. The van der Waals surface area contributed by atoms with E-state index in [4.69, 9.17) is 4.74 Å². The van der Waals surface area contributed by atoms with E-state index in [1.54, 1.807) is 49.2 Å². The Morgan fingerprint density at radius 3 is 2.52 bits per heavy atom. The van der Waals surface area contributed by atoms with Gasteiger partial charge in [-0.25, -0.2) is 0 Å². The first-order chi connectivity index (χ1) is 10.2. The number of ether oxygens (including phenoxy) is 1. The third-order valence-electron chi connectivity index (χ3n) is 3.40. The van der Waals surface area contributed by atoms with Crippen LogP contribution < -0.4 is 9.64 Å². The topological polar surface area (TPSA) is 29.5 Å². The largest absolute Gasteiger partial charge is 0.497 e. The average Bonchev–Trinajstić information content (AvgIpc) is 2.84. The lowest BCUT2D eigenvalue weighted by molar-refractivity contribution is 0.104. The molecule has 0 radical (unpaired) electrons. The summed E-state index contributed by atoms with van der Waals surface area (Å²) in [6.07, 6.45) is 1.69. The molecule has 0 N–H and O–H groups in total. The molecule has 21 heavy (non-hydrogen) atoms. The molecule has 4 heteroatoms. The van der Waals surface area contributed by atoms with Gasteiger partial charge in [-0.1, -0.05) is 23.9 Å². The Hall–Kier alpha value is -2.20. The van der Waals surface area contributed by atoms with Gasteiger partial charge in [0.15, 0.2) is 5.78 Å². The molecule has 106 valence electrons. The van der Waals surface area contributed by atoms with Gasteiger partial charge in [-0.3, -0.25) is 4.79 Å². The number of carbonyl (C=O) groups excluding carboxylic acids is 1. The lowest BCUT2D eigenvalue weighted by Gasteiger charge is -2.12. The summed E-state index contributed by atoms with van der Waals surface area (Å²) >= 11 is 1.62. The van der Waals surface area contributed by atoms with Crippen molar-refractivity contribution in [2.45, 2.75) is 4.90 Å². The molecule has 0 unspecified atom stereocenters. The second-order valence-corrected chi connectivity index (χ2v) is 5.77. The van der Waals surface area contributed by atoms with Crippen molar-refractivity contribution in [2.24, 2.45) is 0 Å². The van der Waals surface area contributed by atoms with E-state index < -0.39 is 0 Å². The summed E-state index contributed by atoms with van der Waals surface area (Å²) in [4.78, 5) is 15.6. The quantitative estimate of drug-likeness (QED) is 0.633. The molecule has 0 aliphatic carbocycles. The minimum Gasteiger partial charge on any atom is -0.497 e. The summed E-state index contributed by atoms with van der Waals surface area (Å²) in [7, 11) is 3.59. The third kappa shape index (κ3) is 2.67. The van der Waals surface area contributed by atoms with Crippen LogP contribution in [0.1, 0.15) is 10.4 Å². The molecule has 3 nitrogen and oxygen atoms in total. The smallest absolute Gasteiger partial charge is 0.188 e. The monoisotopic (exact) mass is 297 g/mol. The summed E-state index contributed by atoms with van der Waals surface area (Å²) in [6, 6.07) is 15.3. The van der Waals surface area contributed by atoms with Crippen molar-refractivity contribution in [1.82, 2.24) is 0 Å². The zero-order chi connectivity index (χ0) is 14.8. The number of methoxy groups -OCH3 is 1. The summed E-state index contributed by atoms with van der Waals surface area (Å²) in [5.41, 5.74) is 1.80. The number of rotatable bonds is 3. The number of carbonyl (C=O) groups is 1. The maximum atomic E-state index is 12.3. The second kappa shape index (κ2) is 5.66. The number of hydrogen-bond donors (Lipinski definition) is 0. The van der Waals surface area contributed by atoms with Gasteiger partial charge in [-0.05, 0) is 36.4 Å². The number of para-hydroxylation sites is 1. The fourth-order valence-electron chi connectivity index (χ4n) is 2.20. The van der Waals surface area contributed by atoms with Crippen molar-refractivity contribution >= 4 is 23.2 Å². The van der Waals surface area contributed by atoms with E-state index in [9.17, 15) is 4.79 Å². The first kappa shape index (κ1) is 13.8. The Balaban J connectivity index is 1.84. The number of fused-ring (bicyclic) bond motifs is 1. The molecule has 2 aromatic rings. The molecule has 3 rings (SSSR count). The molecule has 0 aromatic heterocycles. The number of hydrogen-bond acceptors (Lipinski definition) is 4. The molecular formula is C17H15NO2S. The van der Waals surface area contributed by atoms with Crippen LogP contribution in [0.15, 0.2) is 64.5 Å². The van der Waals surface area contributed by atoms with Crippen LogP contribution in [0.4, 0.5) is 5.69 Å². The standard InChI is InChI=1S/C17H15NO2S/c1-18-14-5-3-4-6-16(14)21-17(18)11-15(19)12-7-9-13(20-2)10-8-12/h3-11H,1-2H3. The van der Waals surface area contributed by atoms with Crippen molar-refractivity contribution in [2.75, 3.05) is 19.1 Å². The summed E-state index contributed by atoms with van der Waals surface area (Å²) < 4.78 is 5.10. The van der Waals surface area contributed by atoms with Crippen LogP contribution in [0.25, 0.3) is 0 Å². The zero-order valence-corrected chi connectivity index (χ0v) is 12.7. The fourth-order valence-corrected chi connectivity index (χ4v) is 3.28. The van der Waals surface area contributed by atoms with E-state index in [-0.39, 0.29) is 5.78 Å². The van der Waals surface area contributed by atoms with E-state index >= 15 is 0 Å². The van der Waals surface area contributed by atoms with Gasteiger partial charge in [0.1, 0.15) is 5.75 Å². The number of nitrogens with zero attached hydrogens (tertiary/aromatic N) is 1. The highest BCUT2D eigenvalue weighted by Gasteiger charge is 2.22. The summed E-state index contributed by atoms with van der Waals surface area (Å²) in [5, 5.41) is 0.942. The van der Waals surface area contributed by atoms with E-state index in [0.29, 0.717) is 5.56 Å². The molecule has 0 fully saturated rings. The fraction of sp³-hybridized carbons (Fsp3) is 0.118. The molecule has 1 aliphatic heterocycles. The summed E-state index contributed by atoms with van der Waals surface area (Å²) in [5.74, 6) is 0.749. The van der Waals surface area contributed by atoms with Gasteiger partial charge in [0.2, 0.25) is 0 Å². The number of thioether (sulfide) groups is 1. The van der Waals surface area contributed by atoms with E-state index in [1.807, 2.05) is 24.1 Å². The Labute approximate surface area is 128 Å². The van der Waals surface area contributed by atoms with Crippen molar-refractivity contribution in [3.8, 4) is 5.75 Å². The van der Waals surface area contributed by atoms with Gasteiger partial charge in [-0.2, -0.15) is 0 Å². The zero-order valence-electron chi connectivity index (χ0n) is 11.9. The number of benzene rings is 2. The number of allylic oxidation sites excluding steroid dienone is 1. The molecule has 0 saturated carbocycles. The second-order valence-electron chi connectivity index (χ2n) is 4.70. The molecule has 1 aliphatic rings. The lowest BCUT2D eigenvalue weighted by atomic mass is 10.1. The molecule has 0 spiro atoms. The Kier molecular flexibility index (Phi) is 3.71. The molecule has 1 heterocycles. The molecule has 2 aromatic carbocycles. The Morgan fingerprint density at radius 2 is 1.86 bits per heavy atom. The van der Waals surface area contributed by atoms with Gasteiger partial charge in [0.25, 0.3) is 0 Å². The average molecular weight is 297 g/mol. The van der Waals surface area contributed by atoms with Crippen molar-refractivity contribution in [1.29, 1.82) is 0 Å². The first-order valence-corrected chi connectivity index (χ1v) is 7.41. The van der Waals surface area contributed by atoms with Crippen LogP contribution in [-0.2, 0) is 0 Å². The molecule has 0 amide bonds. The maximum Gasteiger partial charge on any atom is 0.188 e. The van der Waals surface area contributed by atoms with Crippen molar-refractivity contribution in [3.05, 3.63) is 65.2 Å². The van der Waals surface area contributed by atoms with E-state index in [1.165, 1.54) is 4.90 Å². The van der Waals surface area contributed by atoms with Gasteiger partial charge in [0, 0.05) is 23.6 Å². The van der Waals surface area contributed by atoms with Gasteiger partial charge in [0.05, 0.1) is 17.8 Å². The van der Waals surface area contributed by atoms with Crippen LogP contribution in [0, 0.1) is 0 Å². The van der Waals surface area contributed by atoms with Crippen molar-refractivity contribution in [3.63, 3.8) is 0 Å². The van der Waals surface area contributed by atoms with Crippen LogP contribution in [0.5, 0.6) is 5.75 Å². The highest BCUT2D eigenvalue weighted by molar-refractivity contribution is 8.03. The first-order valence-electron chi connectivity index (χ1n) is 6.60. The number of anilines is 1. The third-order valence-corrected chi connectivity index (χ3v) is 4.57. The van der Waals surface area contributed by atoms with Gasteiger partial charge >= 0.3 is 0 Å². The van der Waals surface area contributed by atoms with Crippen LogP contribution >= 0.6 is 11.8 Å². The van der Waals surface area contributed by atoms with Gasteiger partial charge in [-0.15, -0.1) is 0 Å². The molecule has 0 saturated heterocycles. The van der Waals surface area contributed by atoms with Crippen LogP contribution in [0.2, 0.25) is 0 Å². The predicted octanol–water partition coefficient (Wildman–Crippen LogP) is 3.96. The van der Waals surface area contributed by atoms with Crippen LogP contribution in [0.3, 0.4) is 0 Å². The van der Waals surface area contributed by atoms with Gasteiger partial charge < -0.3 is 9.64 Å².